The summed E-state index contributed by atoms with van der Waals surface area (Å²) in [6.07, 6.45) is 0.473. The van der Waals surface area contributed by atoms with E-state index < -0.39 is 12.1 Å². The van der Waals surface area contributed by atoms with Gasteiger partial charge in [-0.3, -0.25) is 19.1 Å². The summed E-state index contributed by atoms with van der Waals surface area (Å²) >= 11 is 6.09. The molecule has 0 unspecified atom stereocenters. The van der Waals surface area contributed by atoms with E-state index in [9.17, 15) is 18.8 Å². The van der Waals surface area contributed by atoms with Crippen molar-refractivity contribution in [2.45, 2.75) is 33.6 Å². The highest BCUT2D eigenvalue weighted by Gasteiger charge is 2.27. The molecule has 3 aromatic rings. The molecule has 0 saturated carbocycles. The monoisotopic (exact) mass is 587 g/mol. The van der Waals surface area contributed by atoms with Crippen molar-refractivity contribution in [3.05, 3.63) is 75.2 Å². The number of hydrogen-bond acceptors (Lipinski definition) is 5. The second kappa shape index (κ2) is 14.3. The Morgan fingerprint density at radius 3 is 2.49 bits per heavy atom. The Kier molecular flexibility index (Phi) is 11.1. The third kappa shape index (κ3) is 8.43. The number of likely N-dealkylation sites (N-methyl/N-ethyl adjacent to an activating group) is 1. The molecule has 0 aliphatic heterocycles. The topological polar surface area (TPSA) is 97.6 Å². The molecule has 1 aromatic heterocycles. The van der Waals surface area contributed by atoms with Crippen LogP contribution in [0.3, 0.4) is 0 Å². The van der Waals surface area contributed by atoms with Gasteiger partial charge in [0.1, 0.15) is 18.1 Å². The predicted molar refractivity (Wildman–Crippen MR) is 160 cm³/mol. The first kappa shape index (κ1) is 31.9. The quantitative estimate of drug-likeness (QED) is 0.290. The minimum atomic E-state index is -0.640. The van der Waals surface area contributed by atoms with Crippen molar-refractivity contribution in [3.8, 4) is 11.4 Å². The Bertz CT molecular complexity index is 1400. The van der Waals surface area contributed by atoms with Crippen LogP contribution in [0.5, 0.6) is 5.75 Å². The summed E-state index contributed by atoms with van der Waals surface area (Å²) in [7, 11) is 3.57. The lowest BCUT2D eigenvalue weighted by Gasteiger charge is -2.24. The zero-order chi connectivity index (χ0) is 30.2. The molecular formula is C30H39ClFN5O4. The maximum absolute atomic E-state index is 13.5. The number of carbonyl (C=O) groups is 2. The highest BCUT2D eigenvalue weighted by Crippen LogP contribution is 2.25. The average molecular weight is 588 g/mol. The Morgan fingerprint density at radius 1 is 1.12 bits per heavy atom. The van der Waals surface area contributed by atoms with Gasteiger partial charge >= 0.3 is 0 Å². The molecule has 2 aromatic carbocycles. The lowest BCUT2D eigenvalue weighted by atomic mass is 9.88. The van der Waals surface area contributed by atoms with Crippen molar-refractivity contribution in [3.63, 3.8) is 0 Å². The van der Waals surface area contributed by atoms with Gasteiger partial charge in [0.25, 0.3) is 11.5 Å². The molecule has 222 valence electrons. The highest BCUT2D eigenvalue weighted by molar-refractivity contribution is 6.31. The van der Waals surface area contributed by atoms with Crippen molar-refractivity contribution in [2.75, 3.05) is 45.3 Å². The SMILES string of the molecule is CCOc1ccc(Cl)cc1C(=O)NCC(C)(C)CC(=O)Nc1c(CCN(C)CCF)n(C)n(-c2ccccc2)c1=O. The van der Waals surface area contributed by atoms with Crippen LogP contribution in [-0.2, 0) is 18.3 Å². The van der Waals surface area contributed by atoms with Gasteiger partial charge in [-0.2, -0.15) is 0 Å². The molecule has 0 spiro atoms. The van der Waals surface area contributed by atoms with Gasteiger partial charge in [0.15, 0.2) is 0 Å². The van der Waals surface area contributed by atoms with Gasteiger partial charge in [-0.05, 0) is 49.7 Å². The number of benzene rings is 2. The fraction of sp³-hybridized carbons (Fsp3) is 0.433. The van der Waals surface area contributed by atoms with Crippen LogP contribution in [0, 0.1) is 5.41 Å². The Hall–Kier alpha value is -3.63. The molecule has 11 heteroatoms. The van der Waals surface area contributed by atoms with Gasteiger partial charge in [-0.25, -0.2) is 9.07 Å². The molecular weight excluding hydrogens is 549 g/mol. The molecule has 3 rings (SSSR count). The number of alkyl halides is 1. The lowest BCUT2D eigenvalue weighted by molar-refractivity contribution is -0.118. The highest BCUT2D eigenvalue weighted by atomic mass is 35.5. The van der Waals surface area contributed by atoms with Gasteiger partial charge in [0.05, 0.1) is 23.6 Å². The molecule has 0 bridgehead atoms. The first-order chi connectivity index (χ1) is 19.5. The lowest BCUT2D eigenvalue weighted by Crippen LogP contribution is -2.37. The van der Waals surface area contributed by atoms with E-state index >= 15 is 0 Å². The van der Waals surface area contributed by atoms with Gasteiger partial charge in [0, 0.05) is 44.5 Å². The smallest absolute Gasteiger partial charge is 0.295 e. The number of nitrogens with one attached hydrogen (secondary N) is 2. The second-order valence-electron chi connectivity index (χ2n) is 10.7. The zero-order valence-corrected chi connectivity index (χ0v) is 25.1. The van der Waals surface area contributed by atoms with E-state index in [1.165, 1.54) is 4.68 Å². The first-order valence-electron chi connectivity index (χ1n) is 13.6. The summed E-state index contributed by atoms with van der Waals surface area (Å²) < 4.78 is 21.6. The van der Waals surface area contributed by atoms with Crippen LogP contribution in [0.1, 0.15) is 43.2 Å². The third-order valence-electron chi connectivity index (χ3n) is 6.70. The number of halogens is 2. The molecule has 0 aliphatic rings. The van der Waals surface area contributed by atoms with E-state index in [1.54, 1.807) is 29.9 Å². The Morgan fingerprint density at radius 2 is 1.83 bits per heavy atom. The summed E-state index contributed by atoms with van der Waals surface area (Å²) in [5, 5.41) is 6.12. The third-order valence-corrected chi connectivity index (χ3v) is 6.93. The van der Waals surface area contributed by atoms with Crippen LogP contribution in [0.4, 0.5) is 10.1 Å². The minimum absolute atomic E-state index is 0.0437. The van der Waals surface area contributed by atoms with E-state index in [0.717, 1.165) is 0 Å². The molecule has 41 heavy (non-hydrogen) atoms. The Balaban J connectivity index is 1.77. The van der Waals surface area contributed by atoms with Gasteiger partial charge in [0.2, 0.25) is 5.91 Å². The van der Waals surface area contributed by atoms with E-state index in [4.69, 9.17) is 16.3 Å². The summed E-state index contributed by atoms with van der Waals surface area (Å²) in [5.74, 6) is -0.297. The van der Waals surface area contributed by atoms with Crippen molar-refractivity contribution < 1.29 is 18.7 Å². The average Bonchev–Trinajstić information content (AvgIpc) is 3.15. The molecule has 0 atom stereocenters. The van der Waals surface area contributed by atoms with E-state index in [-0.39, 0.29) is 42.6 Å². The van der Waals surface area contributed by atoms with Gasteiger partial charge in [-0.1, -0.05) is 43.6 Å². The number of nitrogens with zero attached hydrogens (tertiary/aromatic N) is 3. The molecule has 2 amide bonds. The molecule has 2 N–H and O–H groups in total. The van der Waals surface area contributed by atoms with Crippen LogP contribution >= 0.6 is 11.6 Å². The second-order valence-corrected chi connectivity index (χ2v) is 11.1. The summed E-state index contributed by atoms with van der Waals surface area (Å²) in [6, 6.07) is 14.0. The van der Waals surface area contributed by atoms with E-state index in [0.29, 0.717) is 47.3 Å². The van der Waals surface area contributed by atoms with Gasteiger partial charge < -0.3 is 20.3 Å². The normalized spacial score (nSPS) is 11.5. The predicted octanol–water partition coefficient (Wildman–Crippen LogP) is 4.46. The van der Waals surface area contributed by atoms with Gasteiger partial charge in [-0.15, -0.1) is 0 Å². The van der Waals surface area contributed by atoms with E-state index in [2.05, 4.69) is 10.6 Å². The summed E-state index contributed by atoms with van der Waals surface area (Å²) in [5.41, 5.74) is 0.801. The largest absolute Gasteiger partial charge is 0.493 e. The number of anilines is 1. The number of hydrogen-bond donors (Lipinski definition) is 2. The van der Waals surface area contributed by atoms with Crippen molar-refractivity contribution in [1.82, 2.24) is 19.6 Å². The molecule has 0 radical (unpaired) electrons. The van der Waals surface area contributed by atoms with Crippen molar-refractivity contribution in [1.29, 1.82) is 0 Å². The fourth-order valence-electron chi connectivity index (χ4n) is 4.53. The fourth-order valence-corrected chi connectivity index (χ4v) is 4.70. The Labute approximate surface area is 245 Å². The minimum Gasteiger partial charge on any atom is -0.493 e. The number of amides is 2. The molecule has 0 saturated heterocycles. The molecule has 0 fully saturated rings. The number of para-hydroxylation sites is 1. The van der Waals surface area contributed by atoms with Crippen LogP contribution in [0.2, 0.25) is 5.02 Å². The zero-order valence-electron chi connectivity index (χ0n) is 24.3. The number of ether oxygens (including phenoxy) is 1. The number of aromatic nitrogens is 2. The molecule has 9 nitrogen and oxygen atoms in total. The summed E-state index contributed by atoms with van der Waals surface area (Å²) in [6.45, 7) is 6.43. The van der Waals surface area contributed by atoms with Crippen LogP contribution < -0.4 is 20.9 Å². The van der Waals surface area contributed by atoms with Crippen LogP contribution in [0.25, 0.3) is 5.69 Å². The molecule has 1 heterocycles. The van der Waals surface area contributed by atoms with Crippen LogP contribution in [0.15, 0.2) is 53.3 Å². The van der Waals surface area contributed by atoms with Crippen molar-refractivity contribution >= 4 is 29.1 Å². The maximum Gasteiger partial charge on any atom is 0.295 e. The van der Waals surface area contributed by atoms with Crippen molar-refractivity contribution in [2.24, 2.45) is 12.5 Å². The van der Waals surface area contributed by atoms with Crippen LogP contribution in [-0.4, -0.2) is 66.0 Å². The number of carbonyl (C=O) groups excluding carboxylic acids is 2. The summed E-state index contributed by atoms with van der Waals surface area (Å²) in [4.78, 5) is 41.6. The molecule has 0 aliphatic carbocycles. The first-order valence-corrected chi connectivity index (χ1v) is 14.0. The standard InChI is InChI=1S/C30H39ClFN5O4/c1-6-41-25-13-12-21(31)18-23(25)28(39)33-20-30(2,3)19-26(38)34-27-24(14-16-35(4)17-15-32)36(5)37(29(27)40)22-10-8-7-9-11-22/h7-13,18H,6,14-17,19-20H2,1-5H3,(H,33,39)(H,34,38). The number of rotatable bonds is 14. The van der Waals surface area contributed by atoms with E-state index in [1.807, 2.05) is 63.1 Å². The maximum atomic E-state index is 13.5.